The van der Waals surface area contributed by atoms with Crippen molar-refractivity contribution in [1.82, 2.24) is 4.90 Å². The maximum Gasteiger partial charge on any atom is 0.416 e. The molecular formula is C33H35F4N3O2. The molecule has 3 aromatic rings. The van der Waals surface area contributed by atoms with Gasteiger partial charge in [0.05, 0.1) is 25.8 Å². The van der Waals surface area contributed by atoms with Gasteiger partial charge in [-0.25, -0.2) is 4.39 Å². The summed E-state index contributed by atoms with van der Waals surface area (Å²) < 4.78 is 72.7. The fourth-order valence-corrected chi connectivity index (χ4v) is 6.13. The lowest BCUT2D eigenvalue weighted by molar-refractivity contribution is -0.138. The highest BCUT2D eigenvalue weighted by atomic mass is 19.4. The molecule has 0 unspecified atom stereocenters. The number of hydrogen-bond donors (Lipinski definition) is 2. The number of aryl methyl sites for hydroxylation is 2. The van der Waals surface area contributed by atoms with Crippen LogP contribution in [0.5, 0.6) is 0 Å². The van der Waals surface area contributed by atoms with Crippen molar-refractivity contribution in [3.05, 3.63) is 94.3 Å². The Bertz CT molecular complexity index is 1540. The summed E-state index contributed by atoms with van der Waals surface area (Å²) in [6.07, 6.45) is 0.287. The van der Waals surface area contributed by atoms with Gasteiger partial charge in [-0.3, -0.25) is 9.59 Å². The highest BCUT2D eigenvalue weighted by Gasteiger charge is 2.41. The van der Waals surface area contributed by atoms with Gasteiger partial charge in [-0.1, -0.05) is 43.2 Å². The molecule has 0 radical (unpaired) electrons. The largest absolute Gasteiger partial charge is 0.416 e. The molecule has 2 fully saturated rings. The van der Waals surface area contributed by atoms with E-state index in [1.807, 2.05) is 24.3 Å². The second-order valence-electron chi connectivity index (χ2n) is 11.2. The van der Waals surface area contributed by atoms with Crippen molar-refractivity contribution in [2.45, 2.75) is 70.6 Å². The smallest absolute Gasteiger partial charge is 0.382 e. The van der Waals surface area contributed by atoms with Crippen molar-refractivity contribution < 1.29 is 29.9 Å². The van der Waals surface area contributed by atoms with Crippen LogP contribution in [0.25, 0.3) is 0 Å². The molecule has 0 spiro atoms. The molecule has 1 saturated carbocycles. The summed E-state index contributed by atoms with van der Waals surface area (Å²) in [5, 5.41) is 5.93. The first-order valence-electron chi connectivity index (χ1n) is 15.3. The summed E-state index contributed by atoms with van der Waals surface area (Å²) in [6.45, 7) is 3.03. The molecule has 9 heteroatoms. The van der Waals surface area contributed by atoms with Gasteiger partial charge in [0, 0.05) is 24.0 Å². The zero-order valence-electron chi connectivity index (χ0n) is 25.6. The average Bonchev–Trinajstić information content (AvgIpc) is 3.47. The molecule has 42 heavy (non-hydrogen) atoms. The van der Waals surface area contributed by atoms with Crippen LogP contribution in [0.3, 0.4) is 0 Å². The monoisotopic (exact) mass is 583 g/mol. The van der Waals surface area contributed by atoms with Crippen LogP contribution in [0.1, 0.15) is 79.9 Å². The molecular weight excluding hydrogens is 546 g/mol. The molecule has 0 aromatic heterocycles. The highest BCUT2D eigenvalue weighted by molar-refractivity contribution is 5.98. The second-order valence-corrected chi connectivity index (χ2v) is 11.2. The average molecular weight is 584 g/mol. The van der Waals surface area contributed by atoms with Crippen LogP contribution in [0, 0.1) is 25.6 Å². The van der Waals surface area contributed by atoms with Gasteiger partial charge in [0.2, 0.25) is 5.91 Å². The van der Waals surface area contributed by atoms with E-state index in [0.29, 0.717) is 23.6 Å². The predicted molar refractivity (Wildman–Crippen MR) is 155 cm³/mol. The summed E-state index contributed by atoms with van der Waals surface area (Å²) in [7, 11) is 0. The van der Waals surface area contributed by atoms with Gasteiger partial charge in [0.25, 0.3) is 5.91 Å². The molecule has 5 nitrogen and oxygen atoms in total. The molecule has 222 valence electrons. The lowest BCUT2D eigenvalue weighted by atomic mass is 9.83. The maximum absolute atomic E-state index is 15.0. The van der Waals surface area contributed by atoms with Crippen LogP contribution in [0.4, 0.5) is 28.9 Å². The van der Waals surface area contributed by atoms with Crippen molar-refractivity contribution in [3.8, 4) is 0 Å². The Labute approximate surface area is 246 Å². The fourth-order valence-electron chi connectivity index (χ4n) is 6.13. The second kappa shape index (κ2) is 12.2. The molecule has 1 aliphatic heterocycles. The molecule has 2 amide bonds. The standard InChI is InChI=1S/C33H35F4N3O2/c1-20-12-15-25(19-27(20)33(35,36)37)39-31(41)26-10-6-18-40(32(42)29-21(2)7-5-11-28(29)34)30(26)22-13-16-24(17-14-22)38-23-8-3-4-9-23/h5,7,11-17,19,23,26,30,38H,3-4,6,8-10,18H2,1-2H3,(H,39,41)/t26-,30-/m0/s1/i15D,19D. The summed E-state index contributed by atoms with van der Waals surface area (Å²) in [5.41, 5.74) is -0.220. The number of amides is 2. The van der Waals surface area contributed by atoms with E-state index in [-0.39, 0.29) is 24.1 Å². The normalized spacial score (nSPS) is 20.2. The lowest BCUT2D eigenvalue weighted by Gasteiger charge is -2.41. The number of benzene rings is 3. The third-order valence-corrected chi connectivity index (χ3v) is 8.25. The van der Waals surface area contributed by atoms with Gasteiger partial charge in [-0.2, -0.15) is 13.2 Å². The van der Waals surface area contributed by atoms with Gasteiger partial charge >= 0.3 is 6.18 Å². The van der Waals surface area contributed by atoms with Crippen LogP contribution in [-0.4, -0.2) is 29.3 Å². The van der Waals surface area contributed by atoms with E-state index in [2.05, 4.69) is 10.6 Å². The molecule has 2 N–H and O–H groups in total. The number of halogens is 4. The van der Waals surface area contributed by atoms with E-state index < -0.39 is 59.1 Å². The van der Waals surface area contributed by atoms with Crippen LogP contribution in [-0.2, 0) is 11.0 Å². The van der Waals surface area contributed by atoms with Gasteiger partial charge in [-0.05, 0) is 86.5 Å². The first-order valence-corrected chi connectivity index (χ1v) is 14.3. The van der Waals surface area contributed by atoms with Crippen LogP contribution >= 0.6 is 0 Å². The number of piperidine rings is 1. The number of rotatable bonds is 6. The fraction of sp³-hybridized carbons (Fsp3) is 0.394. The Morgan fingerprint density at radius 1 is 0.929 bits per heavy atom. The van der Waals surface area contributed by atoms with Crippen molar-refractivity contribution in [2.24, 2.45) is 5.92 Å². The maximum atomic E-state index is 15.0. The van der Waals surface area contributed by atoms with E-state index in [4.69, 9.17) is 2.74 Å². The topological polar surface area (TPSA) is 61.4 Å². The number of nitrogens with one attached hydrogen (secondary N) is 2. The number of likely N-dealkylation sites (tertiary alicyclic amines) is 1. The predicted octanol–water partition coefficient (Wildman–Crippen LogP) is 8.05. The molecule has 0 bridgehead atoms. The third kappa shape index (κ3) is 6.30. The first kappa shape index (κ1) is 27.0. The zero-order chi connectivity index (χ0) is 31.8. The minimum atomic E-state index is -4.85. The summed E-state index contributed by atoms with van der Waals surface area (Å²) >= 11 is 0. The molecule has 1 saturated heterocycles. The van der Waals surface area contributed by atoms with Crippen molar-refractivity contribution >= 4 is 23.2 Å². The molecule has 3 aromatic carbocycles. The van der Waals surface area contributed by atoms with Crippen LogP contribution < -0.4 is 10.6 Å². The highest BCUT2D eigenvalue weighted by Crippen LogP contribution is 2.40. The molecule has 2 aliphatic rings. The Kier molecular flexibility index (Phi) is 7.81. The van der Waals surface area contributed by atoms with E-state index in [9.17, 15) is 27.2 Å². The third-order valence-electron chi connectivity index (χ3n) is 8.25. The number of nitrogens with zero attached hydrogens (tertiary/aromatic N) is 1. The number of hydrogen-bond acceptors (Lipinski definition) is 3. The van der Waals surface area contributed by atoms with E-state index in [1.54, 1.807) is 13.0 Å². The molecule has 1 aliphatic carbocycles. The summed E-state index contributed by atoms with van der Waals surface area (Å²) in [4.78, 5) is 29.2. The van der Waals surface area contributed by atoms with Gasteiger partial charge in [0.15, 0.2) is 0 Å². The SMILES string of the molecule is [2H]c1cc(C)c(C(F)(F)F)c([2H])c1NC(=O)[C@H]1CCCN(C(=O)c2c(C)cccc2F)[C@H]1c1ccc(NC2CCCC2)cc1. The molecule has 5 rings (SSSR count). The number of carbonyl (C=O) groups is 2. The molecule has 2 atom stereocenters. The van der Waals surface area contributed by atoms with Gasteiger partial charge in [0.1, 0.15) is 5.82 Å². The van der Waals surface area contributed by atoms with E-state index in [0.717, 1.165) is 37.4 Å². The Morgan fingerprint density at radius 2 is 1.64 bits per heavy atom. The number of carbonyl (C=O) groups excluding carboxylic acids is 2. The minimum absolute atomic E-state index is 0.103. The number of anilines is 2. The summed E-state index contributed by atoms with van der Waals surface area (Å²) in [6, 6.07) is 10.8. The van der Waals surface area contributed by atoms with Crippen molar-refractivity contribution in [1.29, 1.82) is 0 Å². The van der Waals surface area contributed by atoms with Gasteiger partial charge in [-0.15, -0.1) is 0 Å². The van der Waals surface area contributed by atoms with Crippen molar-refractivity contribution in [3.63, 3.8) is 0 Å². The van der Waals surface area contributed by atoms with Crippen LogP contribution in [0.2, 0.25) is 0 Å². The minimum Gasteiger partial charge on any atom is -0.382 e. The lowest BCUT2D eigenvalue weighted by Crippen LogP contribution is -2.46. The van der Waals surface area contributed by atoms with Gasteiger partial charge < -0.3 is 15.5 Å². The Balaban J connectivity index is 1.52. The van der Waals surface area contributed by atoms with Crippen molar-refractivity contribution in [2.75, 3.05) is 17.2 Å². The quantitative estimate of drug-likeness (QED) is 0.289. The van der Waals surface area contributed by atoms with E-state index in [1.165, 1.54) is 24.0 Å². The van der Waals surface area contributed by atoms with Crippen LogP contribution in [0.15, 0.2) is 60.6 Å². The Morgan fingerprint density at radius 3 is 2.31 bits per heavy atom. The Hall–Kier alpha value is -3.88. The molecule has 1 heterocycles. The number of alkyl halides is 3. The zero-order valence-corrected chi connectivity index (χ0v) is 23.6. The first-order chi connectivity index (χ1) is 20.9. The van der Waals surface area contributed by atoms with E-state index >= 15 is 0 Å². The summed E-state index contributed by atoms with van der Waals surface area (Å²) in [5.74, 6) is -2.94.